The maximum Gasteiger partial charge on any atom is 0.316 e. The lowest BCUT2D eigenvalue weighted by Gasteiger charge is -2.37. The fourth-order valence-electron chi connectivity index (χ4n) is 1.67. The van der Waals surface area contributed by atoms with Crippen LogP contribution in [0.5, 0.6) is 0 Å². The van der Waals surface area contributed by atoms with E-state index in [-0.39, 0.29) is 18.0 Å². The smallest absolute Gasteiger partial charge is 0.316 e. The van der Waals surface area contributed by atoms with Crippen LogP contribution in [-0.2, 0) is 14.3 Å². The quantitative estimate of drug-likeness (QED) is 0.401. The molecule has 0 aromatic heterocycles. The first-order chi connectivity index (χ1) is 8.65. The third-order valence-electron chi connectivity index (χ3n) is 3.26. The lowest BCUT2D eigenvalue weighted by molar-refractivity contribution is -0.159. The Hall–Kier alpha value is -1.09. The summed E-state index contributed by atoms with van der Waals surface area (Å²) in [5, 5.41) is 0. The molecule has 0 aliphatic heterocycles. The molecule has 0 bridgehead atoms. The Kier molecular flexibility index (Phi) is 7.06. The van der Waals surface area contributed by atoms with Gasteiger partial charge in [-0.1, -0.05) is 38.5 Å². The van der Waals surface area contributed by atoms with Gasteiger partial charge in [0.25, 0.3) is 0 Å². The van der Waals surface area contributed by atoms with Crippen LogP contribution in [0.3, 0.4) is 0 Å². The molecule has 0 amide bonds. The number of carbonyl (C=O) groups excluding carboxylic acids is 1. The molecule has 0 fully saturated rings. The highest BCUT2D eigenvalue weighted by Crippen LogP contribution is 2.41. The normalized spacial score (nSPS) is 14.4. The van der Waals surface area contributed by atoms with Gasteiger partial charge >= 0.3 is 5.97 Å². The molecular weight excluding hydrogens is 240 g/mol. The van der Waals surface area contributed by atoms with Gasteiger partial charge in [-0.2, -0.15) is 0 Å². The number of ether oxygens (including phenoxy) is 2. The third kappa shape index (κ3) is 5.60. The van der Waals surface area contributed by atoms with Crippen molar-refractivity contribution >= 4 is 5.97 Å². The summed E-state index contributed by atoms with van der Waals surface area (Å²) >= 11 is 0. The van der Waals surface area contributed by atoms with E-state index in [9.17, 15) is 4.79 Å². The van der Waals surface area contributed by atoms with E-state index in [0.29, 0.717) is 13.2 Å². The van der Waals surface area contributed by atoms with Gasteiger partial charge in [0.15, 0.2) is 0 Å². The van der Waals surface area contributed by atoms with Crippen molar-refractivity contribution in [1.29, 1.82) is 0 Å². The van der Waals surface area contributed by atoms with Crippen LogP contribution < -0.4 is 0 Å². The highest BCUT2D eigenvalue weighted by Gasteiger charge is 2.43. The highest BCUT2D eigenvalue weighted by molar-refractivity contribution is 5.79. The van der Waals surface area contributed by atoms with Crippen molar-refractivity contribution in [3.63, 3.8) is 0 Å². The van der Waals surface area contributed by atoms with Crippen molar-refractivity contribution in [2.75, 3.05) is 19.8 Å². The third-order valence-corrected chi connectivity index (χ3v) is 3.26. The Morgan fingerprint density at radius 3 is 2.16 bits per heavy atom. The number of hydrogen-bond acceptors (Lipinski definition) is 3. The molecule has 0 aromatic rings. The molecule has 110 valence electrons. The first kappa shape index (κ1) is 17.9. The van der Waals surface area contributed by atoms with Gasteiger partial charge in [0.05, 0.1) is 18.6 Å². The Balaban J connectivity index is 4.68. The minimum atomic E-state index is -0.635. The summed E-state index contributed by atoms with van der Waals surface area (Å²) < 4.78 is 10.5. The molecular formula is C16H28O3. The maximum absolute atomic E-state index is 12.3. The van der Waals surface area contributed by atoms with Crippen LogP contribution in [0.25, 0.3) is 0 Å². The van der Waals surface area contributed by atoms with Crippen LogP contribution in [0.4, 0.5) is 0 Å². The molecule has 0 aliphatic rings. The average Bonchev–Trinajstić information content (AvgIpc) is 2.25. The van der Waals surface area contributed by atoms with Crippen LogP contribution in [0.1, 0.15) is 41.5 Å². The molecule has 1 unspecified atom stereocenters. The summed E-state index contributed by atoms with van der Waals surface area (Å²) in [6.07, 6.45) is 3.66. The van der Waals surface area contributed by atoms with Crippen molar-refractivity contribution in [3.05, 3.63) is 24.3 Å². The van der Waals surface area contributed by atoms with Crippen LogP contribution in [0.15, 0.2) is 24.3 Å². The van der Waals surface area contributed by atoms with Gasteiger partial charge in [-0.25, -0.2) is 0 Å². The molecule has 1 atom stereocenters. The highest BCUT2D eigenvalue weighted by atomic mass is 16.6. The summed E-state index contributed by atoms with van der Waals surface area (Å²) in [6, 6.07) is 0. The number of esters is 1. The Bertz CT molecular complexity index is 332. The first-order valence-electron chi connectivity index (χ1n) is 6.67. The predicted molar refractivity (Wildman–Crippen MR) is 79.0 cm³/mol. The molecule has 3 nitrogen and oxygen atoms in total. The molecule has 0 heterocycles. The van der Waals surface area contributed by atoms with E-state index >= 15 is 0 Å². The van der Waals surface area contributed by atoms with Crippen molar-refractivity contribution in [2.24, 2.45) is 10.8 Å². The van der Waals surface area contributed by atoms with Gasteiger partial charge < -0.3 is 9.47 Å². The molecule has 0 saturated carbocycles. The molecule has 19 heavy (non-hydrogen) atoms. The van der Waals surface area contributed by atoms with E-state index in [1.807, 2.05) is 47.6 Å². The molecule has 0 radical (unpaired) electrons. The van der Waals surface area contributed by atoms with Gasteiger partial charge in [-0.05, 0) is 26.2 Å². The minimum absolute atomic E-state index is 0.205. The fraction of sp³-hybridized carbons (Fsp3) is 0.688. The second-order valence-corrected chi connectivity index (χ2v) is 6.17. The number of carbonyl (C=O) groups is 1. The van der Waals surface area contributed by atoms with Crippen LogP contribution in [0.2, 0.25) is 0 Å². The van der Waals surface area contributed by atoms with Crippen molar-refractivity contribution < 1.29 is 14.3 Å². The van der Waals surface area contributed by atoms with Gasteiger partial charge in [0, 0.05) is 0 Å². The Labute approximate surface area is 117 Å². The van der Waals surface area contributed by atoms with E-state index in [2.05, 4.69) is 6.58 Å². The van der Waals surface area contributed by atoms with Crippen molar-refractivity contribution in [3.8, 4) is 0 Å². The second kappa shape index (κ2) is 7.49. The largest absolute Gasteiger partial charge is 0.463 e. The van der Waals surface area contributed by atoms with Crippen LogP contribution in [-0.4, -0.2) is 25.8 Å². The van der Waals surface area contributed by atoms with Crippen LogP contribution >= 0.6 is 0 Å². The van der Waals surface area contributed by atoms with E-state index in [4.69, 9.17) is 9.47 Å². The topological polar surface area (TPSA) is 35.5 Å². The zero-order valence-corrected chi connectivity index (χ0v) is 13.2. The summed E-state index contributed by atoms with van der Waals surface area (Å²) in [4.78, 5) is 12.3. The molecule has 0 aliphatic carbocycles. The van der Waals surface area contributed by atoms with Gasteiger partial charge in [-0.15, -0.1) is 6.58 Å². The molecule has 0 N–H and O–H groups in total. The van der Waals surface area contributed by atoms with E-state index in [0.717, 1.165) is 5.57 Å². The number of hydrogen-bond donors (Lipinski definition) is 0. The average molecular weight is 268 g/mol. The van der Waals surface area contributed by atoms with Gasteiger partial charge in [-0.3, -0.25) is 4.79 Å². The number of allylic oxidation sites excluding steroid dienone is 1. The lowest BCUT2D eigenvalue weighted by Crippen LogP contribution is -2.40. The monoisotopic (exact) mass is 268 g/mol. The Morgan fingerprint density at radius 1 is 1.16 bits per heavy atom. The lowest BCUT2D eigenvalue weighted by atomic mass is 9.67. The molecule has 0 saturated heterocycles. The zero-order chi connectivity index (χ0) is 15.1. The summed E-state index contributed by atoms with van der Waals surface area (Å²) in [6.45, 7) is 16.7. The molecule has 0 aromatic carbocycles. The predicted octanol–water partition coefficient (Wildman–Crippen LogP) is 3.75. The first-order valence-corrected chi connectivity index (χ1v) is 6.67. The Morgan fingerprint density at radius 2 is 1.74 bits per heavy atom. The molecule has 3 heteroatoms. The standard InChI is InChI=1S/C16H28O3/c1-8-9-18-10-11-19-14(17)16(7,12-13(2)3)15(4,5)6/h8,12H,1,9-11H2,2-7H3. The van der Waals surface area contributed by atoms with Crippen molar-refractivity contribution in [2.45, 2.75) is 41.5 Å². The van der Waals surface area contributed by atoms with Crippen LogP contribution in [0, 0.1) is 10.8 Å². The summed E-state index contributed by atoms with van der Waals surface area (Å²) in [5.74, 6) is -0.205. The molecule has 0 spiro atoms. The molecule has 0 rings (SSSR count). The minimum Gasteiger partial charge on any atom is -0.463 e. The van der Waals surface area contributed by atoms with E-state index in [1.165, 1.54) is 0 Å². The summed E-state index contributed by atoms with van der Waals surface area (Å²) in [7, 11) is 0. The van der Waals surface area contributed by atoms with Crippen molar-refractivity contribution in [1.82, 2.24) is 0 Å². The second-order valence-electron chi connectivity index (χ2n) is 6.17. The van der Waals surface area contributed by atoms with Gasteiger partial charge in [0.2, 0.25) is 0 Å². The number of rotatable bonds is 7. The van der Waals surface area contributed by atoms with E-state index in [1.54, 1.807) is 6.08 Å². The van der Waals surface area contributed by atoms with Gasteiger partial charge in [0.1, 0.15) is 6.61 Å². The summed E-state index contributed by atoms with van der Waals surface area (Å²) in [5.41, 5.74) is 0.269. The fourth-order valence-corrected chi connectivity index (χ4v) is 1.67. The zero-order valence-electron chi connectivity index (χ0n) is 13.2. The maximum atomic E-state index is 12.3. The SMILES string of the molecule is C=CCOCCOC(=O)C(C)(C=C(C)C)C(C)(C)C. The van der Waals surface area contributed by atoms with E-state index < -0.39 is 5.41 Å².